The molecule has 0 atom stereocenters. The fraction of sp³-hybridized carbons (Fsp3) is 0.333. The fourth-order valence-corrected chi connectivity index (χ4v) is 4.29. The Hall–Kier alpha value is -3.87. The zero-order chi connectivity index (χ0) is 26.5. The molecule has 0 unspecified atom stereocenters. The van der Waals surface area contributed by atoms with Gasteiger partial charge in [-0.05, 0) is 62.2 Å². The zero-order valence-electron chi connectivity index (χ0n) is 19.8. The molecule has 0 spiro atoms. The normalized spacial score (nSPS) is 14.1. The van der Waals surface area contributed by atoms with Gasteiger partial charge in [-0.1, -0.05) is 6.07 Å². The molecule has 37 heavy (non-hydrogen) atoms. The van der Waals surface area contributed by atoms with Gasteiger partial charge in [0.25, 0.3) is 5.56 Å². The molecular weight excluding hydrogens is 497 g/mol. The van der Waals surface area contributed by atoms with Crippen molar-refractivity contribution in [3.63, 3.8) is 0 Å². The maximum Gasteiger partial charge on any atom is 0.408 e. The minimum absolute atomic E-state index is 0.0160. The average Bonchev–Trinajstić information content (AvgIpc) is 3.08. The molecular formula is C24H22F5N7O. The number of hydrogen-bond donors (Lipinski definition) is 2. The van der Waals surface area contributed by atoms with E-state index in [1.54, 1.807) is 0 Å². The predicted molar refractivity (Wildman–Crippen MR) is 126 cm³/mol. The van der Waals surface area contributed by atoms with E-state index < -0.39 is 35.5 Å². The summed E-state index contributed by atoms with van der Waals surface area (Å²) in [6.45, 7) is 2.03. The van der Waals surface area contributed by atoms with Gasteiger partial charge in [0.15, 0.2) is 11.5 Å². The summed E-state index contributed by atoms with van der Waals surface area (Å²) in [6.07, 6.45) is -2.77. The molecule has 0 aliphatic carbocycles. The first-order chi connectivity index (χ1) is 17.4. The van der Waals surface area contributed by atoms with Gasteiger partial charge in [-0.15, -0.1) is 0 Å². The molecule has 4 aromatic rings. The smallest absolute Gasteiger partial charge is 0.324 e. The number of hydrogen-bond acceptors (Lipinski definition) is 6. The van der Waals surface area contributed by atoms with Crippen molar-refractivity contribution in [1.82, 2.24) is 29.6 Å². The third-order valence-electron chi connectivity index (χ3n) is 5.96. The van der Waals surface area contributed by atoms with Crippen molar-refractivity contribution in [2.75, 3.05) is 11.9 Å². The Balaban J connectivity index is 1.66. The quantitative estimate of drug-likeness (QED) is 0.383. The maximum absolute atomic E-state index is 14.6. The summed E-state index contributed by atoms with van der Waals surface area (Å²) in [5.74, 6) is -1.26. The molecule has 0 saturated heterocycles. The average molecular weight is 519 g/mol. The lowest BCUT2D eigenvalue weighted by Gasteiger charge is -2.18. The number of aromatic nitrogens is 5. The van der Waals surface area contributed by atoms with E-state index in [1.807, 2.05) is 18.2 Å². The van der Waals surface area contributed by atoms with Crippen molar-refractivity contribution in [2.24, 2.45) is 0 Å². The van der Waals surface area contributed by atoms with Crippen LogP contribution in [0.2, 0.25) is 0 Å². The van der Waals surface area contributed by atoms with E-state index in [2.05, 4.69) is 25.6 Å². The number of fused-ring (bicyclic) bond motifs is 2. The minimum Gasteiger partial charge on any atom is -0.324 e. The zero-order valence-corrected chi connectivity index (χ0v) is 19.8. The molecule has 1 aliphatic heterocycles. The number of halogens is 5. The van der Waals surface area contributed by atoms with Gasteiger partial charge in [0.1, 0.15) is 29.1 Å². The number of rotatable bonds is 5. The van der Waals surface area contributed by atoms with E-state index in [4.69, 9.17) is 0 Å². The molecule has 4 heterocycles. The molecule has 3 aromatic heterocycles. The first-order valence-corrected chi connectivity index (χ1v) is 11.4. The van der Waals surface area contributed by atoms with Gasteiger partial charge in [0.05, 0.1) is 0 Å². The number of pyridine rings is 1. The lowest BCUT2D eigenvalue weighted by atomic mass is 10.0. The summed E-state index contributed by atoms with van der Waals surface area (Å²) >= 11 is 0. The van der Waals surface area contributed by atoms with Gasteiger partial charge < -0.3 is 10.6 Å². The Kier molecular flexibility index (Phi) is 5.97. The first-order valence-electron chi connectivity index (χ1n) is 11.4. The minimum atomic E-state index is -4.77. The van der Waals surface area contributed by atoms with Gasteiger partial charge in [-0.25, -0.2) is 28.1 Å². The summed E-state index contributed by atoms with van der Waals surface area (Å²) in [5.41, 5.74) is -1.14. The van der Waals surface area contributed by atoms with Gasteiger partial charge in [0.2, 0.25) is 5.95 Å². The molecule has 194 valence electrons. The Morgan fingerprint density at radius 2 is 1.86 bits per heavy atom. The monoisotopic (exact) mass is 519 g/mol. The van der Waals surface area contributed by atoms with Crippen LogP contribution in [0.25, 0.3) is 16.9 Å². The number of anilines is 2. The Bertz CT molecular complexity index is 1550. The summed E-state index contributed by atoms with van der Waals surface area (Å²) in [5, 5.41) is 6.07. The molecule has 0 amide bonds. The Morgan fingerprint density at radius 3 is 2.59 bits per heavy atom. The van der Waals surface area contributed by atoms with Crippen LogP contribution in [0.15, 0.2) is 41.3 Å². The largest absolute Gasteiger partial charge is 0.408 e. The molecule has 1 aliphatic rings. The van der Waals surface area contributed by atoms with Crippen LogP contribution in [-0.4, -0.2) is 37.0 Å². The van der Waals surface area contributed by atoms with Crippen molar-refractivity contribution >= 4 is 22.7 Å². The van der Waals surface area contributed by atoms with Crippen LogP contribution in [-0.2, 0) is 25.2 Å². The molecule has 0 saturated carbocycles. The number of benzene rings is 1. The lowest BCUT2D eigenvalue weighted by Crippen LogP contribution is -2.30. The van der Waals surface area contributed by atoms with Crippen LogP contribution in [0.3, 0.4) is 0 Å². The topological polar surface area (TPSA) is 89.7 Å². The highest BCUT2D eigenvalue weighted by Gasteiger charge is 2.33. The SMILES string of the molecule is CC(C)(F)c1nc(-n2c3nc(Nc4ccc5c(c4)CNCC5)ncc3c(=O)n2CC(F)(F)F)ccc1F. The van der Waals surface area contributed by atoms with Gasteiger partial charge >= 0.3 is 6.18 Å². The number of nitrogens with one attached hydrogen (secondary N) is 2. The van der Waals surface area contributed by atoms with Crippen molar-refractivity contribution in [1.29, 1.82) is 0 Å². The Labute approximate surface area is 207 Å². The fourth-order valence-electron chi connectivity index (χ4n) is 4.29. The van der Waals surface area contributed by atoms with E-state index >= 15 is 0 Å². The van der Waals surface area contributed by atoms with Crippen LogP contribution in [0.1, 0.15) is 30.7 Å². The van der Waals surface area contributed by atoms with Crippen LogP contribution < -0.4 is 16.2 Å². The molecule has 0 bridgehead atoms. The highest BCUT2D eigenvalue weighted by molar-refractivity contribution is 5.77. The molecule has 0 radical (unpaired) electrons. The van der Waals surface area contributed by atoms with E-state index in [0.717, 1.165) is 55.4 Å². The van der Waals surface area contributed by atoms with E-state index in [0.29, 0.717) is 16.9 Å². The van der Waals surface area contributed by atoms with Crippen molar-refractivity contribution in [3.05, 3.63) is 69.5 Å². The molecule has 8 nitrogen and oxygen atoms in total. The Morgan fingerprint density at radius 1 is 1.08 bits per heavy atom. The highest BCUT2D eigenvalue weighted by atomic mass is 19.4. The first kappa shape index (κ1) is 24.8. The highest BCUT2D eigenvalue weighted by Crippen LogP contribution is 2.28. The van der Waals surface area contributed by atoms with Crippen LogP contribution in [0, 0.1) is 5.82 Å². The van der Waals surface area contributed by atoms with Crippen molar-refractivity contribution in [2.45, 2.75) is 45.2 Å². The maximum atomic E-state index is 14.6. The van der Waals surface area contributed by atoms with Crippen molar-refractivity contribution in [3.8, 4) is 5.82 Å². The summed E-state index contributed by atoms with van der Waals surface area (Å²) in [4.78, 5) is 25.3. The third kappa shape index (κ3) is 4.90. The van der Waals surface area contributed by atoms with Gasteiger partial charge in [-0.2, -0.15) is 18.2 Å². The van der Waals surface area contributed by atoms with E-state index in [1.165, 1.54) is 5.56 Å². The second kappa shape index (κ2) is 8.91. The third-order valence-corrected chi connectivity index (χ3v) is 5.96. The molecule has 13 heteroatoms. The number of alkyl halides is 4. The van der Waals surface area contributed by atoms with Crippen LogP contribution >= 0.6 is 0 Å². The summed E-state index contributed by atoms with van der Waals surface area (Å²) < 4.78 is 70.3. The molecule has 0 fully saturated rings. The summed E-state index contributed by atoms with van der Waals surface area (Å²) in [7, 11) is 0. The van der Waals surface area contributed by atoms with Crippen LogP contribution in [0.4, 0.5) is 33.6 Å². The van der Waals surface area contributed by atoms with E-state index in [9.17, 15) is 26.7 Å². The second-order valence-electron chi connectivity index (χ2n) is 9.23. The van der Waals surface area contributed by atoms with E-state index in [-0.39, 0.29) is 22.8 Å². The molecule has 2 N–H and O–H groups in total. The molecule has 5 rings (SSSR count). The lowest BCUT2D eigenvalue weighted by molar-refractivity contribution is -0.144. The predicted octanol–water partition coefficient (Wildman–Crippen LogP) is 4.27. The standard InChI is InChI=1S/C24H22F5N7O/c1-23(2,26)19-17(25)5-6-18(33-19)36-20-16(21(37)35(36)12-24(27,28)29)11-31-22(34-20)32-15-4-3-13-7-8-30-10-14(13)9-15/h3-6,9,11,30H,7-8,10,12H2,1-2H3,(H,31,32,34). The number of nitrogens with zero attached hydrogens (tertiary/aromatic N) is 5. The summed E-state index contributed by atoms with van der Waals surface area (Å²) in [6, 6.07) is 7.65. The second-order valence-corrected chi connectivity index (χ2v) is 9.23. The van der Waals surface area contributed by atoms with Gasteiger partial charge in [-0.3, -0.25) is 4.79 Å². The van der Waals surface area contributed by atoms with Crippen molar-refractivity contribution < 1.29 is 22.0 Å². The van der Waals surface area contributed by atoms with Gasteiger partial charge in [0, 0.05) is 18.4 Å². The molecule has 1 aromatic carbocycles. The van der Waals surface area contributed by atoms with Crippen LogP contribution in [0.5, 0.6) is 0 Å².